The van der Waals surface area contributed by atoms with Crippen molar-refractivity contribution < 1.29 is 14.3 Å². The highest BCUT2D eigenvalue weighted by Crippen LogP contribution is 2.30. The van der Waals surface area contributed by atoms with Crippen molar-refractivity contribution in [3.8, 4) is 0 Å². The molecule has 1 aromatic carbocycles. The molecule has 1 aliphatic heterocycles. The summed E-state index contributed by atoms with van der Waals surface area (Å²) >= 11 is 0. The first-order chi connectivity index (χ1) is 10.1. The molecule has 21 heavy (non-hydrogen) atoms. The quantitative estimate of drug-likeness (QED) is 0.318. The molecule has 1 heterocycles. The van der Waals surface area contributed by atoms with E-state index >= 15 is 0 Å². The predicted molar refractivity (Wildman–Crippen MR) is 79.3 cm³/mol. The van der Waals surface area contributed by atoms with Gasteiger partial charge in [0.15, 0.2) is 0 Å². The molecule has 0 amide bonds. The Bertz CT molecular complexity index is 542. The van der Waals surface area contributed by atoms with Crippen LogP contribution < -0.4 is 11.1 Å². The molecule has 0 bridgehead atoms. The number of hydrogen-bond acceptors (Lipinski definition) is 5. The molecule has 1 aliphatic rings. The van der Waals surface area contributed by atoms with Gasteiger partial charge in [0.05, 0.1) is 6.61 Å². The fourth-order valence-corrected chi connectivity index (χ4v) is 2.50. The summed E-state index contributed by atoms with van der Waals surface area (Å²) in [4.78, 5) is 22.8. The summed E-state index contributed by atoms with van der Waals surface area (Å²) in [7, 11) is 0. The van der Waals surface area contributed by atoms with Crippen molar-refractivity contribution in [2.75, 3.05) is 11.9 Å². The van der Waals surface area contributed by atoms with E-state index in [1.807, 2.05) is 0 Å². The number of aldehydes is 1. The Labute approximate surface area is 123 Å². The Hall–Kier alpha value is -2.37. The average molecular weight is 289 g/mol. The molecule has 1 saturated heterocycles. The predicted octanol–water partition coefficient (Wildman–Crippen LogP) is 1.44. The highest BCUT2D eigenvalue weighted by atomic mass is 16.5. The number of amidine groups is 1. The number of nitrogens with two attached hydrogens (primary N) is 1. The zero-order valence-corrected chi connectivity index (χ0v) is 11.7. The third-order valence-electron chi connectivity index (χ3n) is 3.64. The van der Waals surface area contributed by atoms with Crippen LogP contribution in [0.1, 0.15) is 31.2 Å². The van der Waals surface area contributed by atoms with Gasteiger partial charge in [-0.3, -0.25) is 5.41 Å². The first-order valence-corrected chi connectivity index (χ1v) is 6.91. The zero-order chi connectivity index (χ0) is 15.3. The number of hydrogen-bond donors (Lipinski definition) is 3. The second kappa shape index (κ2) is 6.39. The number of rotatable bonds is 6. The molecule has 1 aromatic rings. The maximum absolute atomic E-state index is 12.1. The lowest BCUT2D eigenvalue weighted by Gasteiger charge is -2.36. The van der Waals surface area contributed by atoms with Crippen LogP contribution in [0.3, 0.4) is 0 Å². The average Bonchev–Trinajstić information content (AvgIpc) is 2.48. The van der Waals surface area contributed by atoms with Crippen molar-refractivity contribution in [3.63, 3.8) is 0 Å². The maximum atomic E-state index is 12.1. The lowest BCUT2D eigenvalue weighted by molar-refractivity contribution is -0.153. The number of cyclic esters (lactones) is 1. The van der Waals surface area contributed by atoms with Crippen molar-refractivity contribution in [3.05, 3.63) is 29.8 Å². The Morgan fingerprint density at radius 1 is 1.43 bits per heavy atom. The monoisotopic (exact) mass is 289 g/mol. The minimum Gasteiger partial charge on any atom is -0.464 e. The number of nitrogens with one attached hydrogen (secondary N) is 2. The lowest BCUT2D eigenvalue weighted by atomic mass is 9.86. The van der Waals surface area contributed by atoms with E-state index in [1.54, 1.807) is 24.3 Å². The zero-order valence-electron chi connectivity index (χ0n) is 11.7. The van der Waals surface area contributed by atoms with E-state index in [9.17, 15) is 9.59 Å². The van der Waals surface area contributed by atoms with Crippen LogP contribution >= 0.6 is 0 Å². The van der Waals surface area contributed by atoms with Crippen LogP contribution in [0.4, 0.5) is 5.69 Å². The maximum Gasteiger partial charge on any atom is 0.331 e. The fraction of sp³-hybridized carbons (Fsp3) is 0.400. The lowest BCUT2D eigenvalue weighted by Crippen LogP contribution is -2.50. The van der Waals surface area contributed by atoms with Crippen LogP contribution in [-0.4, -0.2) is 30.2 Å². The van der Waals surface area contributed by atoms with Gasteiger partial charge in [-0.25, -0.2) is 4.79 Å². The second-order valence-corrected chi connectivity index (χ2v) is 5.14. The minimum absolute atomic E-state index is 0.00528. The number of benzene rings is 1. The van der Waals surface area contributed by atoms with E-state index in [4.69, 9.17) is 15.9 Å². The summed E-state index contributed by atoms with van der Waals surface area (Å²) in [6, 6.07) is 6.96. The normalized spacial score (nSPS) is 21.4. The van der Waals surface area contributed by atoms with Crippen LogP contribution in [0.2, 0.25) is 0 Å². The molecule has 112 valence electrons. The summed E-state index contributed by atoms with van der Waals surface area (Å²) in [6.45, 7) is 0.423. The van der Waals surface area contributed by atoms with E-state index in [-0.39, 0.29) is 11.8 Å². The van der Waals surface area contributed by atoms with E-state index in [0.29, 0.717) is 31.4 Å². The van der Waals surface area contributed by atoms with Gasteiger partial charge in [0.1, 0.15) is 17.7 Å². The van der Waals surface area contributed by atoms with Crippen molar-refractivity contribution in [1.29, 1.82) is 5.41 Å². The molecule has 1 atom stereocenters. The second-order valence-electron chi connectivity index (χ2n) is 5.14. The topological polar surface area (TPSA) is 105 Å². The first kappa shape index (κ1) is 15.0. The smallest absolute Gasteiger partial charge is 0.331 e. The van der Waals surface area contributed by atoms with Crippen LogP contribution in [0.5, 0.6) is 0 Å². The van der Waals surface area contributed by atoms with Gasteiger partial charge in [-0.05, 0) is 43.5 Å². The van der Waals surface area contributed by atoms with E-state index < -0.39 is 5.54 Å². The summed E-state index contributed by atoms with van der Waals surface area (Å²) in [5.74, 6) is -0.319. The van der Waals surface area contributed by atoms with Crippen molar-refractivity contribution >= 4 is 23.8 Å². The number of anilines is 1. The highest BCUT2D eigenvalue weighted by Gasteiger charge is 2.41. The van der Waals surface area contributed by atoms with Gasteiger partial charge in [0, 0.05) is 17.7 Å². The molecule has 1 fully saturated rings. The Morgan fingerprint density at radius 2 is 2.14 bits per heavy atom. The summed E-state index contributed by atoms with van der Waals surface area (Å²) in [6.07, 6.45) is 2.92. The minimum atomic E-state index is -0.850. The van der Waals surface area contributed by atoms with Gasteiger partial charge in [0.25, 0.3) is 0 Å². The fourth-order valence-electron chi connectivity index (χ4n) is 2.50. The van der Waals surface area contributed by atoms with E-state index in [1.165, 1.54) is 0 Å². The SMILES string of the molecule is N=C(N)c1ccc(NC2(CCC=O)CCCOC2=O)cc1. The third-order valence-corrected chi connectivity index (χ3v) is 3.64. The summed E-state index contributed by atoms with van der Waals surface area (Å²) in [5, 5.41) is 10.6. The van der Waals surface area contributed by atoms with Gasteiger partial charge in [-0.1, -0.05) is 0 Å². The molecule has 0 spiro atoms. The first-order valence-electron chi connectivity index (χ1n) is 6.91. The van der Waals surface area contributed by atoms with Crippen LogP contribution in [-0.2, 0) is 14.3 Å². The molecule has 6 heteroatoms. The highest BCUT2D eigenvalue weighted by molar-refractivity contribution is 5.95. The van der Waals surface area contributed by atoms with E-state index in [2.05, 4.69) is 5.32 Å². The third kappa shape index (κ3) is 3.39. The van der Waals surface area contributed by atoms with E-state index in [0.717, 1.165) is 18.4 Å². The molecule has 1 unspecified atom stereocenters. The standard InChI is InChI=1S/C15H19N3O3/c16-13(17)11-3-5-12(6-4-11)18-15(7-1-9-19)8-2-10-21-14(15)20/h3-6,9,18H,1-2,7-8,10H2,(H3,16,17). The van der Waals surface area contributed by atoms with Gasteiger partial charge in [-0.15, -0.1) is 0 Å². The Morgan fingerprint density at radius 3 is 2.71 bits per heavy atom. The molecule has 0 aromatic heterocycles. The summed E-state index contributed by atoms with van der Waals surface area (Å²) < 4.78 is 5.15. The van der Waals surface area contributed by atoms with Crippen LogP contribution in [0.15, 0.2) is 24.3 Å². The van der Waals surface area contributed by atoms with Gasteiger partial charge in [-0.2, -0.15) is 0 Å². The summed E-state index contributed by atoms with van der Waals surface area (Å²) in [5.41, 5.74) is 5.92. The van der Waals surface area contributed by atoms with Crippen LogP contribution in [0, 0.1) is 5.41 Å². The largest absolute Gasteiger partial charge is 0.464 e. The van der Waals surface area contributed by atoms with Gasteiger partial charge >= 0.3 is 5.97 Å². The number of nitrogen functional groups attached to an aromatic ring is 1. The number of ether oxygens (including phenoxy) is 1. The molecule has 0 aliphatic carbocycles. The molecular weight excluding hydrogens is 270 g/mol. The Balaban J connectivity index is 2.19. The van der Waals surface area contributed by atoms with Gasteiger partial charge in [0.2, 0.25) is 0 Å². The van der Waals surface area contributed by atoms with Crippen LogP contribution in [0.25, 0.3) is 0 Å². The molecule has 0 radical (unpaired) electrons. The number of esters is 1. The molecule has 0 saturated carbocycles. The molecule has 2 rings (SSSR count). The molecule has 4 N–H and O–H groups in total. The number of carbonyl (C=O) groups is 2. The molecule has 6 nitrogen and oxygen atoms in total. The molecular formula is C15H19N3O3. The van der Waals surface area contributed by atoms with Gasteiger partial charge < -0.3 is 20.6 Å². The number of carbonyl (C=O) groups excluding carboxylic acids is 2. The van der Waals surface area contributed by atoms with Crippen molar-refractivity contribution in [2.45, 2.75) is 31.2 Å². The van der Waals surface area contributed by atoms with Crippen molar-refractivity contribution in [2.24, 2.45) is 5.73 Å². The Kier molecular flexibility index (Phi) is 4.57. The van der Waals surface area contributed by atoms with Crippen molar-refractivity contribution in [1.82, 2.24) is 0 Å².